The van der Waals surface area contributed by atoms with Gasteiger partial charge in [-0.1, -0.05) is 0 Å². The van der Waals surface area contributed by atoms with Crippen LogP contribution in [0, 0.1) is 0 Å². The van der Waals surface area contributed by atoms with Gasteiger partial charge in [0.05, 0.1) is 6.61 Å². The minimum Gasteiger partial charge on any atom is -0.378 e. The summed E-state index contributed by atoms with van der Waals surface area (Å²) in [6, 6.07) is 0. The first-order valence-electron chi connectivity index (χ1n) is 2.94. The van der Waals surface area contributed by atoms with Gasteiger partial charge in [-0.25, -0.2) is 0 Å². The van der Waals surface area contributed by atoms with Crippen molar-refractivity contribution in [3.8, 4) is 0 Å². The molecule has 2 unspecified atom stereocenters. The number of nitrogens with two attached hydrogens (primary N) is 1. The summed E-state index contributed by atoms with van der Waals surface area (Å²) in [5.74, 6) is -1.78. The minimum absolute atomic E-state index is 0.456. The van der Waals surface area contributed by atoms with Crippen LogP contribution in [-0.4, -0.2) is 33.6 Å². The number of aliphatic hydroxyl groups excluding tert-OH is 1. The molecule has 0 aliphatic heterocycles. The second-order valence-corrected chi connectivity index (χ2v) is 3.88. The lowest BCUT2D eigenvalue weighted by molar-refractivity contribution is 0.0210. The molecule has 7 heteroatoms. The Labute approximate surface area is 64.1 Å². The molecule has 0 aliphatic carbocycles. The fourth-order valence-corrected chi connectivity index (χ4v) is 0.615. The zero-order valence-corrected chi connectivity index (χ0v) is 6.94. The molecule has 0 fully saturated rings. The lowest BCUT2D eigenvalue weighted by Crippen LogP contribution is -2.25. The number of hydrogen-bond acceptors (Lipinski definition) is 4. The molecule has 6 nitrogen and oxygen atoms in total. The van der Waals surface area contributed by atoms with Crippen LogP contribution in [-0.2, 0) is 9.30 Å². The monoisotopic (exact) mass is 185 g/mol. The Balaban J connectivity index is 3.71. The van der Waals surface area contributed by atoms with Crippen molar-refractivity contribution in [3.63, 3.8) is 0 Å². The summed E-state index contributed by atoms with van der Waals surface area (Å²) in [4.78, 5) is 16.7. The van der Waals surface area contributed by atoms with E-state index in [1.54, 1.807) is 0 Å². The van der Waals surface area contributed by atoms with Gasteiger partial charge in [-0.2, -0.15) is 0 Å². The largest absolute Gasteiger partial charge is 0.378 e. The maximum atomic E-state index is 10.3. The summed E-state index contributed by atoms with van der Waals surface area (Å²) in [7, 11) is -4.44. The summed E-state index contributed by atoms with van der Waals surface area (Å²) in [5, 5.41) is 8.69. The minimum atomic E-state index is -4.44. The second kappa shape index (κ2) is 4.15. The molecule has 0 aromatic rings. The number of hydrogen-bond donors (Lipinski definition) is 4. The molecular weight excluding hydrogens is 173 g/mol. The Morgan fingerprint density at radius 2 is 2.09 bits per heavy atom. The number of ether oxygens (including phenoxy) is 1. The fraction of sp³-hybridized carbons (Fsp3) is 1.00. The van der Waals surface area contributed by atoms with Crippen LogP contribution in [0.25, 0.3) is 0 Å². The molecule has 0 aliphatic rings. The molecule has 0 bridgehead atoms. The van der Waals surface area contributed by atoms with E-state index in [0.29, 0.717) is 0 Å². The SMILES string of the molecule is CC(N)OCC(O)P(=O)(O)O. The molecule has 0 saturated heterocycles. The Hall–Kier alpha value is 0.0300. The second-order valence-electron chi connectivity index (χ2n) is 2.11. The third kappa shape index (κ3) is 5.32. The first kappa shape index (κ1) is 11.0. The van der Waals surface area contributed by atoms with Crippen molar-refractivity contribution < 1.29 is 24.2 Å². The van der Waals surface area contributed by atoms with Crippen LogP contribution in [0.15, 0.2) is 0 Å². The normalized spacial score (nSPS) is 17.9. The van der Waals surface area contributed by atoms with Crippen LogP contribution in [0.2, 0.25) is 0 Å². The first-order chi connectivity index (χ1) is 4.84. The highest BCUT2D eigenvalue weighted by molar-refractivity contribution is 7.52. The van der Waals surface area contributed by atoms with Gasteiger partial charge in [0.1, 0.15) is 6.23 Å². The number of aliphatic hydroxyl groups is 1. The molecule has 68 valence electrons. The molecule has 0 aromatic carbocycles. The highest BCUT2D eigenvalue weighted by Gasteiger charge is 2.26. The van der Waals surface area contributed by atoms with Gasteiger partial charge >= 0.3 is 7.60 Å². The lowest BCUT2D eigenvalue weighted by Gasteiger charge is -2.13. The van der Waals surface area contributed by atoms with Crippen molar-refractivity contribution in [2.75, 3.05) is 6.61 Å². The van der Waals surface area contributed by atoms with Crippen molar-refractivity contribution in [2.24, 2.45) is 5.73 Å². The average molecular weight is 185 g/mol. The van der Waals surface area contributed by atoms with E-state index in [2.05, 4.69) is 4.74 Å². The van der Waals surface area contributed by atoms with E-state index < -0.39 is 26.3 Å². The Morgan fingerprint density at radius 3 is 2.36 bits per heavy atom. The van der Waals surface area contributed by atoms with Crippen LogP contribution in [0.1, 0.15) is 6.92 Å². The molecule has 5 N–H and O–H groups in total. The molecule has 0 amide bonds. The van der Waals surface area contributed by atoms with E-state index >= 15 is 0 Å². The maximum absolute atomic E-state index is 10.3. The quantitative estimate of drug-likeness (QED) is 0.323. The molecular formula is C4H12NO5P. The van der Waals surface area contributed by atoms with Crippen molar-refractivity contribution >= 4 is 7.60 Å². The van der Waals surface area contributed by atoms with Crippen LogP contribution in [0.5, 0.6) is 0 Å². The van der Waals surface area contributed by atoms with E-state index in [9.17, 15) is 4.57 Å². The maximum Gasteiger partial charge on any atom is 0.356 e. The van der Waals surface area contributed by atoms with E-state index in [-0.39, 0.29) is 0 Å². The summed E-state index contributed by atoms with van der Waals surface area (Å²) in [6.45, 7) is 1.04. The highest BCUT2D eigenvalue weighted by atomic mass is 31.2. The predicted octanol–water partition coefficient (Wildman–Crippen LogP) is -1.20. The van der Waals surface area contributed by atoms with Gasteiger partial charge in [-0.3, -0.25) is 4.57 Å². The zero-order chi connectivity index (χ0) is 9.07. The van der Waals surface area contributed by atoms with Crippen LogP contribution in [0.4, 0.5) is 0 Å². The van der Waals surface area contributed by atoms with Crippen molar-refractivity contribution in [2.45, 2.75) is 19.0 Å². The predicted molar refractivity (Wildman–Crippen MR) is 37.7 cm³/mol. The molecule has 0 spiro atoms. The van der Waals surface area contributed by atoms with Gasteiger partial charge in [-0.05, 0) is 6.92 Å². The van der Waals surface area contributed by atoms with Crippen LogP contribution >= 0.6 is 7.60 Å². The Bertz CT molecular complexity index is 155. The van der Waals surface area contributed by atoms with Gasteiger partial charge < -0.3 is 25.4 Å². The highest BCUT2D eigenvalue weighted by Crippen LogP contribution is 2.39. The summed E-state index contributed by atoms with van der Waals surface area (Å²) in [6.07, 6.45) is -0.642. The summed E-state index contributed by atoms with van der Waals surface area (Å²) >= 11 is 0. The zero-order valence-electron chi connectivity index (χ0n) is 6.04. The van der Waals surface area contributed by atoms with Gasteiger partial charge in [-0.15, -0.1) is 0 Å². The van der Waals surface area contributed by atoms with E-state index in [1.807, 2.05) is 0 Å². The third-order valence-electron chi connectivity index (χ3n) is 0.896. The standard InChI is InChI=1S/C4H12NO5P/c1-3(5)10-2-4(6)11(7,8)9/h3-4,6H,2,5H2,1H3,(H2,7,8,9). The molecule has 2 atom stereocenters. The van der Waals surface area contributed by atoms with Gasteiger partial charge in [0.2, 0.25) is 0 Å². The summed E-state index contributed by atoms with van der Waals surface area (Å²) < 4.78 is 14.8. The van der Waals surface area contributed by atoms with Gasteiger partial charge in [0.25, 0.3) is 0 Å². The van der Waals surface area contributed by atoms with Crippen LogP contribution < -0.4 is 5.73 Å². The van der Waals surface area contributed by atoms with E-state index in [0.717, 1.165) is 0 Å². The number of rotatable bonds is 4. The Morgan fingerprint density at radius 1 is 1.64 bits per heavy atom. The fourth-order valence-electron chi connectivity index (χ4n) is 0.335. The van der Waals surface area contributed by atoms with Crippen molar-refractivity contribution in [3.05, 3.63) is 0 Å². The van der Waals surface area contributed by atoms with Crippen molar-refractivity contribution in [1.82, 2.24) is 0 Å². The molecule has 0 saturated carbocycles. The third-order valence-corrected chi connectivity index (χ3v) is 1.82. The van der Waals surface area contributed by atoms with Crippen LogP contribution in [0.3, 0.4) is 0 Å². The van der Waals surface area contributed by atoms with Crippen molar-refractivity contribution in [1.29, 1.82) is 0 Å². The smallest absolute Gasteiger partial charge is 0.356 e. The average Bonchev–Trinajstić information content (AvgIpc) is 1.80. The topological polar surface area (TPSA) is 113 Å². The molecule has 11 heavy (non-hydrogen) atoms. The van der Waals surface area contributed by atoms with E-state index in [4.69, 9.17) is 20.6 Å². The molecule has 0 heterocycles. The molecule has 0 rings (SSSR count). The van der Waals surface area contributed by atoms with E-state index in [1.165, 1.54) is 6.92 Å². The molecule has 0 radical (unpaired) electrons. The summed E-state index contributed by atoms with van der Waals surface area (Å²) in [5.41, 5.74) is 5.10. The Kier molecular flexibility index (Phi) is 4.17. The lowest BCUT2D eigenvalue weighted by atomic mass is 10.7. The van der Waals surface area contributed by atoms with Gasteiger partial charge in [0.15, 0.2) is 5.85 Å². The molecule has 0 aromatic heterocycles. The van der Waals surface area contributed by atoms with Gasteiger partial charge in [0, 0.05) is 0 Å². The first-order valence-corrected chi connectivity index (χ1v) is 4.62.